The third-order valence-electron chi connectivity index (χ3n) is 6.85. The molecule has 0 radical (unpaired) electrons. The van der Waals surface area contributed by atoms with Gasteiger partial charge < -0.3 is 33.9 Å². The molecule has 0 saturated carbocycles. The largest absolute Gasteiger partial charge is 0.454 e. The smallest absolute Gasteiger partial charge is 0.303 e. The molecule has 10 heteroatoms. The Morgan fingerprint density at radius 1 is 0.619 bits per heavy atom. The number of benzene rings is 3. The highest BCUT2D eigenvalue weighted by molar-refractivity contribution is 5.68. The molecule has 1 aliphatic heterocycles. The van der Waals surface area contributed by atoms with Crippen LogP contribution in [0, 0.1) is 0 Å². The number of carbonyl (C=O) groups excluding carboxylic acids is 3. The summed E-state index contributed by atoms with van der Waals surface area (Å²) in [5, 5.41) is 0. The van der Waals surface area contributed by atoms with Gasteiger partial charge in [-0.15, -0.1) is 0 Å². The molecule has 10 nitrogen and oxygen atoms in total. The number of carbonyl (C=O) groups is 3. The molecule has 0 amide bonds. The molecule has 224 valence electrons. The van der Waals surface area contributed by atoms with Gasteiger partial charge in [0.25, 0.3) is 0 Å². The molecule has 0 spiro atoms. The first-order valence-electron chi connectivity index (χ1n) is 13.2. The molecule has 0 aliphatic carbocycles. The van der Waals surface area contributed by atoms with Gasteiger partial charge in [-0.05, 0) is 16.7 Å². The molecule has 5 atom stereocenters. The number of methoxy groups -OCH3 is 1. The van der Waals surface area contributed by atoms with Gasteiger partial charge in [0.1, 0.15) is 0 Å². The van der Waals surface area contributed by atoms with Gasteiger partial charge in [0, 0.05) is 27.9 Å². The van der Waals surface area contributed by atoms with Gasteiger partial charge in [-0.2, -0.15) is 0 Å². The average molecular weight is 581 g/mol. The van der Waals surface area contributed by atoms with Gasteiger partial charge in [-0.25, -0.2) is 0 Å². The molecule has 1 heterocycles. The Labute approximate surface area is 244 Å². The number of rotatable bonds is 10. The second kappa shape index (κ2) is 14.7. The van der Waals surface area contributed by atoms with Crippen LogP contribution in [0.15, 0.2) is 91.0 Å². The fraction of sp³-hybridized carbons (Fsp3) is 0.344. The quantitative estimate of drug-likeness (QED) is 0.201. The third-order valence-corrected chi connectivity index (χ3v) is 6.85. The van der Waals surface area contributed by atoms with Crippen molar-refractivity contribution < 1.29 is 48.3 Å². The zero-order valence-electron chi connectivity index (χ0n) is 23.9. The number of ether oxygens (including phenoxy) is 6. The zero-order chi connectivity index (χ0) is 29.4. The molecule has 1 fully saturated rings. The SMILES string of the molecule is CO[C@H]1O[C@H](OCC(c2ccccc2)(c2ccccc2)c2ccccc2)[C@@H](OC(C)=O)[C@H](OC(C)=O)[C@@H]1OC(C)=O.O. The molecule has 1 saturated heterocycles. The van der Waals surface area contributed by atoms with E-state index in [0.29, 0.717) is 0 Å². The van der Waals surface area contributed by atoms with E-state index in [9.17, 15) is 14.4 Å². The van der Waals surface area contributed by atoms with Crippen molar-refractivity contribution in [2.75, 3.05) is 13.7 Å². The van der Waals surface area contributed by atoms with E-state index in [1.807, 2.05) is 91.0 Å². The summed E-state index contributed by atoms with van der Waals surface area (Å²) in [5.74, 6) is -2.00. The van der Waals surface area contributed by atoms with Crippen LogP contribution in [0.3, 0.4) is 0 Å². The fourth-order valence-electron chi connectivity index (χ4n) is 5.19. The lowest BCUT2D eigenvalue weighted by Gasteiger charge is -2.45. The Hall–Kier alpha value is -4.09. The first-order valence-corrected chi connectivity index (χ1v) is 13.2. The summed E-state index contributed by atoms with van der Waals surface area (Å²) in [7, 11) is 1.36. The predicted molar refractivity (Wildman–Crippen MR) is 151 cm³/mol. The summed E-state index contributed by atoms with van der Waals surface area (Å²) in [6, 6.07) is 29.7. The van der Waals surface area contributed by atoms with Crippen LogP contribution < -0.4 is 0 Å². The molecule has 1 aliphatic rings. The molecule has 0 aromatic heterocycles. The van der Waals surface area contributed by atoms with Gasteiger partial charge >= 0.3 is 17.9 Å². The Bertz CT molecular complexity index is 1200. The number of esters is 3. The molecule has 0 bridgehead atoms. The van der Waals surface area contributed by atoms with Gasteiger partial charge in [0.2, 0.25) is 12.6 Å². The summed E-state index contributed by atoms with van der Waals surface area (Å²) >= 11 is 0. The van der Waals surface area contributed by atoms with E-state index >= 15 is 0 Å². The van der Waals surface area contributed by atoms with Crippen molar-refractivity contribution in [3.63, 3.8) is 0 Å². The molecule has 0 unspecified atom stereocenters. The van der Waals surface area contributed by atoms with Gasteiger partial charge in [-0.3, -0.25) is 14.4 Å². The summed E-state index contributed by atoms with van der Waals surface area (Å²) in [5.41, 5.74) is 2.04. The van der Waals surface area contributed by atoms with Crippen LogP contribution >= 0.6 is 0 Å². The minimum Gasteiger partial charge on any atom is -0.454 e. The van der Waals surface area contributed by atoms with Crippen LogP contribution in [0.4, 0.5) is 0 Å². The third kappa shape index (κ3) is 7.21. The lowest BCUT2D eigenvalue weighted by atomic mass is 9.70. The average Bonchev–Trinajstić information content (AvgIpc) is 2.97. The van der Waals surface area contributed by atoms with Crippen LogP contribution in [0.5, 0.6) is 0 Å². The van der Waals surface area contributed by atoms with Crippen molar-refractivity contribution in [3.05, 3.63) is 108 Å². The first-order chi connectivity index (χ1) is 19.8. The predicted octanol–water partition coefficient (Wildman–Crippen LogP) is 3.34. The van der Waals surface area contributed by atoms with E-state index in [-0.39, 0.29) is 12.1 Å². The van der Waals surface area contributed by atoms with Crippen LogP contribution in [0.25, 0.3) is 0 Å². The molecule has 4 rings (SSSR count). The molecule has 3 aromatic rings. The molecular formula is C32H36O10. The maximum atomic E-state index is 12.2. The van der Waals surface area contributed by atoms with E-state index in [1.165, 1.54) is 27.9 Å². The Morgan fingerprint density at radius 3 is 1.33 bits per heavy atom. The van der Waals surface area contributed by atoms with E-state index in [4.69, 9.17) is 28.4 Å². The van der Waals surface area contributed by atoms with Crippen molar-refractivity contribution in [1.82, 2.24) is 0 Å². The lowest BCUT2D eigenvalue weighted by Crippen LogP contribution is -2.62. The fourth-order valence-corrected chi connectivity index (χ4v) is 5.19. The van der Waals surface area contributed by atoms with Crippen molar-refractivity contribution in [2.24, 2.45) is 0 Å². The van der Waals surface area contributed by atoms with Crippen molar-refractivity contribution in [1.29, 1.82) is 0 Å². The van der Waals surface area contributed by atoms with E-state index < -0.39 is 54.2 Å². The maximum Gasteiger partial charge on any atom is 0.303 e. The summed E-state index contributed by atoms with van der Waals surface area (Å²) in [6.07, 6.45) is -6.18. The van der Waals surface area contributed by atoms with Crippen LogP contribution in [0.2, 0.25) is 0 Å². The Kier molecular flexibility index (Phi) is 11.3. The second-order valence-electron chi connectivity index (χ2n) is 9.65. The molecule has 2 N–H and O–H groups in total. The highest BCUT2D eigenvalue weighted by Gasteiger charge is 2.53. The Morgan fingerprint density at radius 2 is 0.976 bits per heavy atom. The van der Waals surface area contributed by atoms with Gasteiger partial charge in [0.05, 0.1) is 12.0 Å². The van der Waals surface area contributed by atoms with E-state index in [1.54, 1.807) is 0 Å². The Balaban J connectivity index is 0.00000484. The minimum atomic E-state index is -1.27. The normalized spacial score (nSPS) is 21.9. The van der Waals surface area contributed by atoms with Gasteiger partial charge in [-0.1, -0.05) is 91.0 Å². The minimum absolute atomic E-state index is 0. The van der Waals surface area contributed by atoms with E-state index in [2.05, 4.69) is 0 Å². The zero-order valence-corrected chi connectivity index (χ0v) is 23.9. The summed E-state index contributed by atoms with van der Waals surface area (Å²) in [6.45, 7) is 3.66. The topological polar surface area (TPSA) is 138 Å². The summed E-state index contributed by atoms with van der Waals surface area (Å²) in [4.78, 5) is 36.3. The molecule has 42 heavy (non-hydrogen) atoms. The van der Waals surface area contributed by atoms with Crippen LogP contribution in [-0.4, -0.2) is 68.0 Å². The highest BCUT2D eigenvalue weighted by Crippen LogP contribution is 2.41. The van der Waals surface area contributed by atoms with Gasteiger partial charge in [0.15, 0.2) is 18.3 Å². The maximum absolute atomic E-state index is 12.2. The van der Waals surface area contributed by atoms with Crippen LogP contribution in [-0.2, 0) is 48.2 Å². The van der Waals surface area contributed by atoms with Crippen molar-refractivity contribution in [3.8, 4) is 0 Å². The van der Waals surface area contributed by atoms with Crippen LogP contribution in [0.1, 0.15) is 37.5 Å². The summed E-state index contributed by atoms with van der Waals surface area (Å²) < 4.78 is 34.6. The second-order valence-corrected chi connectivity index (χ2v) is 9.65. The molecular weight excluding hydrogens is 544 g/mol. The standard InChI is InChI=1S/C32H34O9.H2O/c1-21(33)38-27-28(39-22(2)34)30(36-4)41-31(29(27)40-23(3)35)37-20-32(24-14-8-5-9-15-24,25-16-10-6-11-17-25)26-18-12-7-13-19-26;/h5-19,27-31H,20H2,1-4H3;1H2/t27-,28+,29+,30+,31+;/m1./s1. The molecule has 3 aromatic carbocycles. The first kappa shape index (κ1) is 32.4. The number of hydrogen-bond acceptors (Lipinski definition) is 9. The van der Waals surface area contributed by atoms with Crippen molar-refractivity contribution >= 4 is 17.9 Å². The lowest BCUT2D eigenvalue weighted by molar-refractivity contribution is -0.349. The number of hydrogen-bond donors (Lipinski definition) is 0. The highest BCUT2D eigenvalue weighted by atomic mass is 16.8. The van der Waals surface area contributed by atoms with E-state index in [0.717, 1.165) is 16.7 Å². The van der Waals surface area contributed by atoms with Crippen molar-refractivity contribution in [2.45, 2.75) is 57.1 Å². The monoisotopic (exact) mass is 580 g/mol.